The molecule has 1 N–H and O–H groups in total. The number of hydrogen-bond acceptors (Lipinski definition) is 4. The molecule has 0 bridgehead atoms. The molecule has 2 saturated heterocycles. The molecule has 3 rings (SSSR count). The molecule has 5 heteroatoms. The van der Waals surface area contributed by atoms with E-state index in [-0.39, 0.29) is 11.9 Å². The van der Waals surface area contributed by atoms with Crippen LogP contribution in [-0.4, -0.2) is 56.3 Å². The second-order valence-electron chi connectivity index (χ2n) is 5.79. The van der Waals surface area contributed by atoms with Crippen LogP contribution in [0.3, 0.4) is 0 Å². The van der Waals surface area contributed by atoms with Crippen LogP contribution in [0.1, 0.15) is 12.5 Å². The third-order valence-corrected chi connectivity index (χ3v) is 4.19. The van der Waals surface area contributed by atoms with E-state index in [1.165, 1.54) is 0 Å². The summed E-state index contributed by atoms with van der Waals surface area (Å²) in [4.78, 5) is 14.5. The minimum atomic E-state index is -0.440. The smallest absolute Gasteiger partial charge is 0.242 e. The van der Waals surface area contributed by atoms with Crippen LogP contribution in [-0.2, 0) is 19.9 Å². The molecule has 21 heavy (non-hydrogen) atoms. The molecule has 1 aromatic carbocycles. The summed E-state index contributed by atoms with van der Waals surface area (Å²) < 4.78 is 11.4. The lowest BCUT2D eigenvalue weighted by Gasteiger charge is -2.42. The Morgan fingerprint density at radius 2 is 2.14 bits per heavy atom. The van der Waals surface area contributed by atoms with Gasteiger partial charge in [0.15, 0.2) is 0 Å². The Morgan fingerprint density at radius 3 is 2.86 bits per heavy atom. The molecule has 114 valence electrons. The van der Waals surface area contributed by atoms with E-state index in [9.17, 15) is 4.79 Å². The first-order valence-corrected chi connectivity index (χ1v) is 7.48. The highest BCUT2D eigenvalue weighted by Gasteiger charge is 2.37. The molecule has 2 aliphatic heterocycles. The first-order valence-electron chi connectivity index (χ1n) is 7.48. The van der Waals surface area contributed by atoms with E-state index >= 15 is 0 Å². The summed E-state index contributed by atoms with van der Waals surface area (Å²) in [5, 5.41) is 3.23. The Morgan fingerprint density at radius 1 is 1.33 bits per heavy atom. The van der Waals surface area contributed by atoms with Gasteiger partial charge in [0.1, 0.15) is 11.6 Å². The van der Waals surface area contributed by atoms with Gasteiger partial charge < -0.3 is 19.7 Å². The highest BCUT2D eigenvalue weighted by molar-refractivity contribution is 5.82. The molecule has 2 heterocycles. The Kier molecular flexibility index (Phi) is 4.24. The van der Waals surface area contributed by atoms with E-state index in [0.717, 1.165) is 12.1 Å². The number of benzene rings is 1. The highest BCUT2D eigenvalue weighted by Crippen LogP contribution is 2.29. The van der Waals surface area contributed by atoms with Gasteiger partial charge >= 0.3 is 0 Å². The predicted molar refractivity (Wildman–Crippen MR) is 78.9 cm³/mol. The maximum absolute atomic E-state index is 12.6. The summed E-state index contributed by atoms with van der Waals surface area (Å²) in [7, 11) is 0. The zero-order valence-electron chi connectivity index (χ0n) is 12.4. The lowest BCUT2D eigenvalue weighted by atomic mass is 9.93. The van der Waals surface area contributed by atoms with Gasteiger partial charge in [-0.15, -0.1) is 0 Å². The van der Waals surface area contributed by atoms with Crippen LogP contribution in [0.4, 0.5) is 0 Å². The van der Waals surface area contributed by atoms with Crippen molar-refractivity contribution in [1.82, 2.24) is 10.2 Å². The van der Waals surface area contributed by atoms with E-state index in [1.807, 2.05) is 30.0 Å². The zero-order chi connectivity index (χ0) is 14.7. The number of morpholine rings is 2. The fourth-order valence-electron chi connectivity index (χ4n) is 2.97. The van der Waals surface area contributed by atoms with Gasteiger partial charge in [-0.3, -0.25) is 4.79 Å². The number of rotatable bonds is 2. The van der Waals surface area contributed by atoms with Crippen molar-refractivity contribution in [2.45, 2.75) is 18.6 Å². The lowest BCUT2D eigenvalue weighted by Crippen LogP contribution is -2.58. The molecule has 0 spiro atoms. The van der Waals surface area contributed by atoms with Gasteiger partial charge in [0.2, 0.25) is 5.91 Å². The summed E-state index contributed by atoms with van der Waals surface area (Å²) in [6.07, 6.45) is 0. The topological polar surface area (TPSA) is 50.8 Å². The first kappa shape index (κ1) is 14.5. The van der Waals surface area contributed by atoms with Crippen LogP contribution in [0.15, 0.2) is 30.3 Å². The van der Waals surface area contributed by atoms with Crippen molar-refractivity contribution in [3.8, 4) is 0 Å². The highest BCUT2D eigenvalue weighted by atomic mass is 16.5. The fourth-order valence-corrected chi connectivity index (χ4v) is 2.97. The molecule has 2 fully saturated rings. The molecule has 0 aromatic heterocycles. The third kappa shape index (κ3) is 3.10. The standard InChI is InChI=1S/C16H22N2O3/c1-16(13-5-3-2-4-6-13)12-18(8-10-21-16)15(19)14-11-20-9-7-17-14/h2-6,14,17H,7-12H2,1H3/t14-,16+/m1/s1. The number of carbonyl (C=O) groups excluding carboxylic acids is 1. The van der Waals surface area contributed by atoms with Gasteiger partial charge in [0, 0.05) is 13.1 Å². The summed E-state index contributed by atoms with van der Waals surface area (Å²) in [6, 6.07) is 9.87. The molecule has 2 aliphatic rings. The maximum atomic E-state index is 12.6. The Labute approximate surface area is 125 Å². The van der Waals surface area contributed by atoms with Crippen LogP contribution < -0.4 is 5.32 Å². The quantitative estimate of drug-likeness (QED) is 0.873. The van der Waals surface area contributed by atoms with Crippen LogP contribution in [0.5, 0.6) is 0 Å². The van der Waals surface area contributed by atoms with Gasteiger partial charge in [0.25, 0.3) is 0 Å². The van der Waals surface area contributed by atoms with E-state index < -0.39 is 5.60 Å². The summed E-state index contributed by atoms with van der Waals surface area (Å²) >= 11 is 0. The predicted octanol–water partition coefficient (Wildman–Crippen LogP) is 0.749. The van der Waals surface area contributed by atoms with Gasteiger partial charge in [-0.1, -0.05) is 30.3 Å². The number of carbonyl (C=O) groups is 1. The van der Waals surface area contributed by atoms with Crippen LogP contribution >= 0.6 is 0 Å². The molecule has 0 radical (unpaired) electrons. The second kappa shape index (κ2) is 6.13. The van der Waals surface area contributed by atoms with Crippen molar-refractivity contribution in [1.29, 1.82) is 0 Å². The monoisotopic (exact) mass is 290 g/mol. The number of hydrogen-bond donors (Lipinski definition) is 1. The summed E-state index contributed by atoms with van der Waals surface area (Å²) in [5.74, 6) is 0.111. The first-order chi connectivity index (χ1) is 10.2. The minimum absolute atomic E-state index is 0.111. The Bertz CT molecular complexity index is 488. The van der Waals surface area contributed by atoms with Crippen molar-refractivity contribution < 1.29 is 14.3 Å². The second-order valence-corrected chi connectivity index (χ2v) is 5.79. The summed E-state index contributed by atoms with van der Waals surface area (Å²) in [5.41, 5.74) is 0.667. The Balaban J connectivity index is 1.72. The fraction of sp³-hybridized carbons (Fsp3) is 0.562. The molecule has 0 aliphatic carbocycles. The van der Waals surface area contributed by atoms with Gasteiger partial charge in [-0.25, -0.2) is 0 Å². The van der Waals surface area contributed by atoms with E-state index in [1.54, 1.807) is 0 Å². The molecular weight excluding hydrogens is 268 g/mol. The van der Waals surface area contributed by atoms with E-state index in [4.69, 9.17) is 9.47 Å². The maximum Gasteiger partial charge on any atom is 0.242 e. The SMILES string of the molecule is C[C@@]1(c2ccccc2)CN(C(=O)[C@H]2COCCN2)CCO1. The molecule has 2 atom stereocenters. The van der Waals surface area contributed by atoms with Crippen LogP contribution in [0.2, 0.25) is 0 Å². The third-order valence-electron chi connectivity index (χ3n) is 4.19. The van der Waals surface area contributed by atoms with Gasteiger partial charge in [-0.05, 0) is 12.5 Å². The molecule has 0 unspecified atom stereocenters. The largest absolute Gasteiger partial charge is 0.378 e. The van der Waals surface area contributed by atoms with Crippen molar-refractivity contribution in [3.63, 3.8) is 0 Å². The average molecular weight is 290 g/mol. The van der Waals surface area contributed by atoms with E-state index in [2.05, 4.69) is 17.4 Å². The average Bonchev–Trinajstić information content (AvgIpc) is 2.56. The van der Waals surface area contributed by atoms with Crippen molar-refractivity contribution in [2.24, 2.45) is 0 Å². The number of nitrogens with one attached hydrogen (secondary N) is 1. The van der Waals surface area contributed by atoms with Crippen molar-refractivity contribution >= 4 is 5.91 Å². The normalized spacial score (nSPS) is 30.1. The Hall–Kier alpha value is -1.43. The molecular formula is C16H22N2O3. The zero-order valence-corrected chi connectivity index (χ0v) is 12.4. The molecule has 1 aromatic rings. The number of ether oxygens (including phenoxy) is 2. The van der Waals surface area contributed by atoms with Gasteiger partial charge in [-0.2, -0.15) is 0 Å². The number of nitrogens with zero attached hydrogens (tertiary/aromatic N) is 1. The van der Waals surface area contributed by atoms with Gasteiger partial charge in [0.05, 0.1) is 26.4 Å². The lowest BCUT2D eigenvalue weighted by molar-refractivity contribution is -0.154. The minimum Gasteiger partial charge on any atom is -0.378 e. The molecule has 0 saturated carbocycles. The van der Waals surface area contributed by atoms with Crippen molar-refractivity contribution in [3.05, 3.63) is 35.9 Å². The number of amides is 1. The van der Waals surface area contributed by atoms with Crippen molar-refractivity contribution in [2.75, 3.05) is 39.5 Å². The molecule has 1 amide bonds. The van der Waals surface area contributed by atoms with E-state index in [0.29, 0.717) is 32.9 Å². The van der Waals surface area contributed by atoms with Crippen LogP contribution in [0.25, 0.3) is 0 Å². The molecule has 5 nitrogen and oxygen atoms in total. The summed E-state index contributed by atoms with van der Waals surface area (Å²) in [6.45, 7) is 5.69. The van der Waals surface area contributed by atoms with Crippen LogP contribution in [0, 0.1) is 0 Å².